The molecule has 0 aliphatic heterocycles. The van der Waals surface area contributed by atoms with Crippen LogP contribution in [0.25, 0.3) is 0 Å². The first-order chi connectivity index (χ1) is 3.79. The van der Waals surface area contributed by atoms with Gasteiger partial charge >= 0.3 is 18.9 Å². The van der Waals surface area contributed by atoms with Crippen LogP contribution in [0.3, 0.4) is 0 Å². The summed E-state index contributed by atoms with van der Waals surface area (Å²) < 4.78 is 0. The van der Waals surface area contributed by atoms with Gasteiger partial charge in [-0.1, -0.05) is 19.8 Å². The average molecular weight is 116 g/mol. The van der Waals surface area contributed by atoms with E-state index in [0.717, 1.165) is 5.92 Å². The van der Waals surface area contributed by atoms with Crippen LogP contribution in [0.2, 0.25) is 0 Å². The summed E-state index contributed by atoms with van der Waals surface area (Å²) in [4.78, 5) is 0. The minimum atomic E-state index is 0. The van der Waals surface area contributed by atoms with Crippen LogP contribution in [-0.2, 0) is 0 Å². The van der Waals surface area contributed by atoms with E-state index in [1.165, 1.54) is 31.3 Å². The molecule has 1 fully saturated rings. The van der Waals surface area contributed by atoms with Crippen molar-refractivity contribution in [3.05, 3.63) is 12.2 Å². The van der Waals surface area contributed by atoms with E-state index in [1.807, 2.05) is 0 Å². The Hall–Kier alpha value is 0.337. The predicted octanol–water partition coefficient (Wildman–Crippen LogP) is -0.440. The maximum absolute atomic E-state index is 5.61. The van der Waals surface area contributed by atoms with Crippen molar-refractivity contribution in [2.24, 2.45) is 5.92 Å². The molecule has 0 saturated heterocycles. The van der Waals surface area contributed by atoms with Gasteiger partial charge in [-0.25, -0.2) is 0 Å². The van der Waals surface area contributed by atoms with Crippen molar-refractivity contribution in [1.82, 2.24) is 0 Å². The fraction of sp³-hybridized carbons (Fsp3) is 0.750. The molecule has 0 radical (unpaired) electrons. The molecule has 0 nitrogen and oxygen atoms in total. The third-order valence-corrected chi connectivity index (χ3v) is 1.92. The Balaban J connectivity index is 0.000000640. The van der Waals surface area contributed by atoms with Gasteiger partial charge in [0.05, 0.1) is 0 Å². The van der Waals surface area contributed by atoms with Crippen molar-refractivity contribution in [2.45, 2.75) is 32.6 Å². The van der Waals surface area contributed by atoms with Crippen LogP contribution in [0.4, 0.5) is 0 Å². The topological polar surface area (TPSA) is 0 Å². The van der Waals surface area contributed by atoms with E-state index in [4.69, 9.17) is 6.58 Å². The maximum Gasteiger partial charge on any atom is 1.00 e. The molecule has 1 heteroatoms. The van der Waals surface area contributed by atoms with Crippen LogP contribution < -0.4 is 18.9 Å². The SMILES string of the molecule is [CH-]=C1CCC(C)CC1.[Li+]. The molecule has 9 heavy (non-hydrogen) atoms. The first-order valence-corrected chi connectivity index (χ1v) is 3.39. The smallest absolute Gasteiger partial charge is 0.514 e. The van der Waals surface area contributed by atoms with Crippen molar-refractivity contribution < 1.29 is 18.9 Å². The van der Waals surface area contributed by atoms with Crippen LogP contribution in [0.15, 0.2) is 5.57 Å². The van der Waals surface area contributed by atoms with Gasteiger partial charge in [0.25, 0.3) is 0 Å². The van der Waals surface area contributed by atoms with Crippen molar-refractivity contribution in [3.8, 4) is 0 Å². The Morgan fingerprint density at radius 1 is 1.33 bits per heavy atom. The molecule has 1 aliphatic carbocycles. The molecule has 0 aromatic heterocycles. The summed E-state index contributed by atoms with van der Waals surface area (Å²) >= 11 is 0. The second-order valence-corrected chi connectivity index (χ2v) is 2.84. The standard InChI is InChI=1S/C8H13.Li/c1-7-3-5-8(2)6-4-7;/h1,8H,3-6H2,2H3;/q-1;+1. The van der Waals surface area contributed by atoms with E-state index in [-0.39, 0.29) is 18.9 Å². The predicted molar refractivity (Wildman–Crippen MR) is 35.4 cm³/mol. The Morgan fingerprint density at radius 3 is 2.11 bits per heavy atom. The fourth-order valence-electron chi connectivity index (χ4n) is 1.13. The molecular formula is C8H13Li. The largest absolute Gasteiger partial charge is 1.00 e. The van der Waals surface area contributed by atoms with Crippen LogP contribution >= 0.6 is 0 Å². The summed E-state index contributed by atoms with van der Waals surface area (Å²) in [7, 11) is 0. The van der Waals surface area contributed by atoms with Crippen molar-refractivity contribution in [2.75, 3.05) is 0 Å². The zero-order valence-corrected chi connectivity index (χ0v) is 6.48. The average Bonchev–Trinajstić information content (AvgIpc) is 1.77. The molecule has 0 unspecified atom stereocenters. The number of hydrogen-bond donors (Lipinski definition) is 0. The normalized spacial score (nSPS) is 27.2. The van der Waals surface area contributed by atoms with Gasteiger partial charge in [0.15, 0.2) is 0 Å². The first kappa shape index (κ1) is 9.34. The number of allylic oxidation sites excluding steroid dienone is 1. The van der Waals surface area contributed by atoms with Gasteiger partial charge in [0, 0.05) is 0 Å². The van der Waals surface area contributed by atoms with E-state index >= 15 is 0 Å². The third-order valence-electron chi connectivity index (χ3n) is 1.92. The molecule has 0 spiro atoms. The summed E-state index contributed by atoms with van der Waals surface area (Å²) in [5.74, 6) is 0.919. The molecule has 1 rings (SSSR count). The molecule has 1 aliphatic rings. The molecule has 1 saturated carbocycles. The quantitative estimate of drug-likeness (QED) is 0.297. The van der Waals surface area contributed by atoms with Gasteiger partial charge in [-0.3, -0.25) is 5.57 Å². The Morgan fingerprint density at radius 2 is 1.78 bits per heavy atom. The number of rotatable bonds is 0. The fourth-order valence-corrected chi connectivity index (χ4v) is 1.13. The third kappa shape index (κ3) is 3.13. The van der Waals surface area contributed by atoms with Crippen molar-refractivity contribution in [1.29, 1.82) is 0 Å². The van der Waals surface area contributed by atoms with Crippen LogP contribution in [0.5, 0.6) is 0 Å². The molecule has 0 bridgehead atoms. The van der Waals surface area contributed by atoms with Crippen molar-refractivity contribution >= 4 is 0 Å². The summed E-state index contributed by atoms with van der Waals surface area (Å²) in [6, 6.07) is 0. The van der Waals surface area contributed by atoms with Gasteiger partial charge in [0.2, 0.25) is 0 Å². The Labute approximate surface area is 69.9 Å². The van der Waals surface area contributed by atoms with Gasteiger partial charge in [0.1, 0.15) is 0 Å². The van der Waals surface area contributed by atoms with Crippen LogP contribution in [0, 0.1) is 12.5 Å². The van der Waals surface area contributed by atoms with Gasteiger partial charge in [-0.05, 0) is 18.8 Å². The molecule has 0 amide bonds. The molecule has 0 aromatic carbocycles. The van der Waals surface area contributed by atoms with E-state index in [0.29, 0.717) is 0 Å². The molecule has 0 atom stereocenters. The Bertz CT molecular complexity index is 86.7. The monoisotopic (exact) mass is 116 g/mol. The van der Waals surface area contributed by atoms with E-state index in [1.54, 1.807) is 0 Å². The van der Waals surface area contributed by atoms with Crippen molar-refractivity contribution in [3.63, 3.8) is 0 Å². The molecule has 0 heterocycles. The minimum Gasteiger partial charge on any atom is -0.514 e. The molecular weight excluding hydrogens is 103 g/mol. The molecule has 0 aromatic rings. The molecule has 0 N–H and O–H groups in total. The minimum absolute atomic E-state index is 0. The second-order valence-electron chi connectivity index (χ2n) is 2.84. The van der Waals surface area contributed by atoms with E-state index in [2.05, 4.69) is 6.92 Å². The van der Waals surface area contributed by atoms with E-state index < -0.39 is 0 Å². The summed E-state index contributed by atoms with van der Waals surface area (Å²) in [5.41, 5.74) is 1.21. The van der Waals surface area contributed by atoms with Crippen LogP contribution in [-0.4, -0.2) is 0 Å². The van der Waals surface area contributed by atoms with Gasteiger partial charge in [-0.2, -0.15) is 0 Å². The summed E-state index contributed by atoms with van der Waals surface area (Å²) in [6.45, 7) is 7.91. The molecule has 46 valence electrons. The van der Waals surface area contributed by atoms with E-state index in [9.17, 15) is 0 Å². The summed E-state index contributed by atoms with van der Waals surface area (Å²) in [5, 5.41) is 0. The van der Waals surface area contributed by atoms with Gasteiger partial charge < -0.3 is 6.58 Å². The Kier molecular flexibility index (Phi) is 4.36. The maximum atomic E-state index is 5.61. The second kappa shape index (κ2) is 4.20. The zero-order chi connectivity index (χ0) is 5.98. The number of hydrogen-bond acceptors (Lipinski definition) is 0. The van der Waals surface area contributed by atoms with Gasteiger partial charge in [-0.15, -0.1) is 0 Å². The summed E-state index contributed by atoms with van der Waals surface area (Å²) in [6.07, 6.45) is 4.96. The first-order valence-electron chi connectivity index (χ1n) is 3.39. The van der Waals surface area contributed by atoms with Crippen LogP contribution in [0.1, 0.15) is 32.6 Å². The zero-order valence-electron chi connectivity index (χ0n) is 6.48.